The average Bonchev–Trinajstić information content (AvgIpc) is 2.39. The van der Waals surface area contributed by atoms with Crippen molar-refractivity contribution in [1.29, 1.82) is 0 Å². The zero-order chi connectivity index (χ0) is 14.5. The van der Waals surface area contributed by atoms with Gasteiger partial charge in [0.1, 0.15) is 11.6 Å². The Kier molecular flexibility index (Phi) is 4.86. The molecular formula is C13H18F2N4O. The topological polar surface area (TPSA) is 65.1 Å². The predicted molar refractivity (Wildman–Crippen MR) is 71.5 cm³/mol. The Morgan fingerprint density at radius 1 is 1.10 bits per heavy atom. The summed E-state index contributed by atoms with van der Waals surface area (Å²) in [7, 11) is 0. The van der Waals surface area contributed by atoms with Crippen LogP contribution in [0.5, 0.6) is 0 Å². The second-order valence-electron chi connectivity index (χ2n) is 4.92. The minimum Gasteiger partial charge on any atom is -0.409 e. The molecule has 20 heavy (non-hydrogen) atoms. The van der Waals surface area contributed by atoms with E-state index in [9.17, 15) is 8.78 Å². The molecule has 0 amide bonds. The number of halogens is 2. The first-order valence-electron chi connectivity index (χ1n) is 6.43. The Labute approximate surface area is 116 Å². The summed E-state index contributed by atoms with van der Waals surface area (Å²) in [4.78, 5) is 4.19. The summed E-state index contributed by atoms with van der Waals surface area (Å²) in [6.07, 6.45) is 0. The molecule has 0 aromatic heterocycles. The first-order chi connectivity index (χ1) is 9.56. The smallest absolute Gasteiger partial charge is 0.153 e. The second-order valence-corrected chi connectivity index (χ2v) is 4.92. The van der Waals surface area contributed by atoms with Crippen LogP contribution < -0.4 is 5.73 Å². The van der Waals surface area contributed by atoms with Gasteiger partial charge in [-0.1, -0.05) is 5.16 Å². The number of benzene rings is 1. The molecule has 2 rings (SSSR count). The minimum atomic E-state index is -0.550. The lowest BCUT2D eigenvalue weighted by molar-refractivity contribution is 0.138. The molecule has 0 aliphatic carbocycles. The number of piperazine rings is 1. The van der Waals surface area contributed by atoms with Crippen molar-refractivity contribution in [2.75, 3.05) is 32.7 Å². The van der Waals surface area contributed by atoms with E-state index in [1.54, 1.807) is 0 Å². The molecule has 1 aromatic rings. The number of hydrogen-bond acceptors (Lipinski definition) is 4. The normalized spacial score (nSPS) is 18.4. The van der Waals surface area contributed by atoms with Crippen LogP contribution >= 0.6 is 0 Å². The zero-order valence-electron chi connectivity index (χ0n) is 11.1. The maximum atomic E-state index is 13.1. The van der Waals surface area contributed by atoms with E-state index in [0.717, 1.165) is 32.2 Å². The fourth-order valence-corrected chi connectivity index (χ4v) is 2.33. The number of rotatable bonds is 4. The number of hydrogen-bond donors (Lipinski definition) is 2. The van der Waals surface area contributed by atoms with Crippen molar-refractivity contribution in [2.24, 2.45) is 10.9 Å². The van der Waals surface area contributed by atoms with E-state index in [2.05, 4.69) is 15.0 Å². The molecule has 0 spiro atoms. The van der Waals surface area contributed by atoms with Crippen molar-refractivity contribution >= 4 is 5.84 Å². The largest absolute Gasteiger partial charge is 0.409 e. The number of nitrogens with zero attached hydrogens (tertiary/aromatic N) is 3. The van der Waals surface area contributed by atoms with Gasteiger partial charge >= 0.3 is 0 Å². The van der Waals surface area contributed by atoms with Crippen LogP contribution in [0.25, 0.3) is 0 Å². The van der Waals surface area contributed by atoms with E-state index in [1.165, 1.54) is 12.1 Å². The lowest BCUT2D eigenvalue weighted by atomic mass is 10.2. The van der Waals surface area contributed by atoms with Gasteiger partial charge in [0.2, 0.25) is 0 Å². The van der Waals surface area contributed by atoms with E-state index in [-0.39, 0.29) is 5.84 Å². The zero-order valence-corrected chi connectivity index (χ0v) is 11.1. The Bertz CT molecular complexity index is 467. The summed E-state index contributed by atoms with van der Waals surface area (Å²) < 4.78 is 26.2. The third-order valence-corrected chi connectivity index (χ3v) is 3.31. The van der Waals surface area contributed by atoms with Gasteiger partial charge in [-0.2, -0.15) is 0 Å². The Hall–Kier alpha value is -1.73. The van der Waals surface area contributed by atoms with Gasteiger partial charge in [-0.15, -0.1) is 0 Å². The van der Waals surface area contributed by atoms with E-state index in [4.69, 9.17) is 10.9 Å². The average molecular weight is 284 g/mol. The summed E-state index contributed by atoms with van der Waals surface area (Å²) in [6, 6.07) is 3.58. The maximum Gasteiger partial charge on any atom is 0.153 e. The van der Waals surface area contributed by atoms with Crippen molar-refractivity contribution < 1.29 is 14.0 Å². The fourth-order valence-electron chi connectivity index (χ4n) is 2.33. The third-order valence-electron chi connectivity index (χ3n) is 3.31. The van der Waals surface area contributed by atoms with Crippen LogP contribution in [0.4, 0.5) is 8.78 Å². The second kappa shape index (κ2) is 6.62. The minimum absolute atomic E-state index is 0.186. The third kappa shape index (κ3) is 4.14. The highest BCUT2D eigenvalue weighted by atomic mass is 19.1. The van der Waals surface area contributed by atoms with Crippen LogP contribution in [0.15, 0.2) is 23.4 Å². The first-order valence-corrected chi connectivity index (χ1v) is 6.43. The summed E-state index contributed by atoms with van der Waals surface area (Å²) in [5.74, 6) is -0.915. The molecule has 1 aromatic carbocycles. The molecule has 1 fully saturated rings. The van der Waals surface area contributed by atoms with Crippen LogP contribution in [-0.2, 0) is 6.54 Å². The van der Waals surface area contributed by atoms with Gasteiger partial charge in [0.15, 0.2) is 5.84 Å². The molecule has 7 heteroatoms. The summed E-state index contributed by atoms with van der Waals surface area (Å²) in [5.41, 5.74) is 6.09. The lowest BCUT2D eigenvalue weighted by Crippen LogP contribution is -2.48. The van der Waals surface area contributed by atoms with Gasteiger partial charge in [0, 0.05) is 38.8 Å². The Morgan fingerprint density at radius 3 is 2.20 bits per heavy atom. The van der Waals surface area contributed by atoms with Gasteiger partial charge in [-0.3, -0.25) is 9.80 Å². The molecule has 1 heterocycles. The number of amidine groups is 1. The van der Waals surface area contributed by atoms with E-state index in [1.807, 2.05) is 0 Å². The Morgan fingerprint density at radius 2 is 1.65 bits per heavy atom. The van der Waals surface area contributed by atoms with Crippen LogP contribution in [0.1, 0.15) is 5.56 Å². The molecule has 0 saturated carbocycles. The predicted octanol–water partition coefficient (Wildman–Crippen LogP) is 0.829. The van der Waals surface area contributed by atoms with Crippen molar-refractivity contribution in [3.63, 3.8) is 0 Å². The highest BCUT2D eigenvalue weighted by Gasteiger charge is 2.18. The molecule has 5 nitrogen and oxygen atoms in total. The van der Waals surface area contributed by atoms with Crippen molar-refractivity contribution in [1.82, 2.24) is 9.80 Å². The molecule has 1 saturated heterocycles. The van der Waals surface area contributed by atoms with Crippen molar-refractivity contribution in [3.05, 3.63) is 35.4 Å². The quantitative estimate of drug-likeness (QED) is 0.372. The molecule has 0 atom stereocenters. The molecule has 110 valence electrons. The summed E-state index contributed by atoms with van der Waals surface area (Å²) in [5, 5.41) is 11.5. The standard InChI is InChI=1S/C13H18F2N4O/c14-11-5-10(6-12(15)7-11)8-18-1-3-19(4-2-18)9-13(16)17-20/h5-7,20H,1-4,8-9H2,(H2,16,17). The van der Waals surface area contributed by atoms with Crippen LogP contribution in [0.3, 0.4) is 0 Å². The van der Waals surface area contributed by atoms with E-state index >= 15 is 0 Å². The molecule has 3 N–H and O–H groups in total. The number of nitrogens with two attached hydrogens (primary N) is 1. The van der Waals surface area contributed by atoms with Crippen molar-refractivity contribution in [2.45, 2.75) is 6.54 Å². The van der Waals surface area contributed by atoms with Gasteiger partial charge in [-0.25, -0.2) is 8.78 Å². The van der Waals surface area contributed by atoms with Crippen molar-refractivity contribution in [3.8, 4) is 0 Å². The molecule has 0 bridgehead atoms. The first kappa shape index (κ1) is 14.7. The molecule has 0 unspecified atom stereocenters. The van der Waals surface area contributed by atoms with Crippen LogP contribution in [0, 0.1) is 11.6 Å². The Balaban J connectivity index is 1.85. The van der Waals surface area contributed by atoms with Gasteiger partial charge < -0.3 is 10.9 Å². The van der Waals surface area contributed by atoms with E-state index < -0.39 is 11.6 Å². The lowest BCUT2D eigenvalue weighted by Gasteiger charge is -2.34. The summed E-state index contributed by atoms with van der Waals surface area (Å²) >= 11 is 0. The van der Waals surface area contributed by atoms with Gasteiger partial charge in [0.25, 0.3) is 0 Å². The van der Waals surface area contributed by atoms with Gasteiger partial charge in [0.05, 0.1) is 6.54 Å². The SMILES string of the molecule is N/C(CN1CCN(Cc2cc(F)cc(F)c2)CC1)=N/O. The van der Waals surface area contributed by atoms with Gasteiger partial charge in [-0.05, 0) is 17.7 Å². The number of oxime groups is 1. The summed E-state index contributed by atoms with van der Waals surface area (Å²) in [6.45, 7) is 4.04. The molecular weight excluding hydrogens is 266 g/mol. The monoisotopic (exact) mass is 284 g/mol. The highest BCUT2D eigenvalue weighted by molar-refractivity contribution is 5.81. The van der Waals surface area contributed by atoms with Crippen LogP contribution in [0.2, 0.25) is 0 Å². The maximum absolute atomic E-state index is 13.1. The van der Waals surface area contributed by atoms with Crippen LogP contribution in [-0.4, -0.2) is 53.6 Å². The highest BCUT2D eigenvalue weighted by Crippen LogP contribution is 2.12. The molecule has 0 radical (unpaired) electrons. The fraction of sp³-hybridized carbons (Fsp3) is 0.462. The molecule has 1 aliphatic heterocycles. The molecule has 1 aliphatic rings. The van der Waals surface area contributed by atoms with E-state index in [0.29, 0.717) is 18.7 Å².